The first kappa shape index (κ1) is 28.6. The van der Waals surface area contributed by atoms with Gasteiger partial charge >= 0.3 is 0 Å². The first-order chi connectivity index (χ1) is 13.9. The fraction of sp³-hybridized carbons (Fsp3) is 0.867. The lowest BCUT2D eigenvalue weighted by atomic mass is 10.3. The zero-order valence-corrected chi connectivity index (χ0v) is 18.7. The van der Waals surface area contributed by atoms with Crippen LogP contribution in [0.4, 0.5) is 0 Å². The molecule has 0 aromatic rings. The molecule has 0 spiro atoms. The van der Waals surface area contributed by atoms with Gasteiger partial charge in [0, 0.05) is 65.2 Å². The molecule has 0 rings (SSSR count). The molecule has 13 nitrogen and oxygen atoms in total. The van der Waals surface area contributed by atoms with Gasteiger partial charge in [-0.3, -0.25) is 18.7 Å². The summed E-state index contributed by atoms with van der Waals surface area (Å²) in [5.41, 5.74) is 0. The van der Waals surface area contributed by atoms with Gasteiger partial charge in [-0.05, 0) is 7.05 Å². The maximum atomic E-state index is 11.7. The molecule has 2 amide bonds. The van der Waals surface area contributed by atoms with Gasteiger partial charge in [0.1, 0.15) is 0 Å². The first-order valence-electron chi connectivity index (χ1n) is 9.43. The van der Waals surface area contributed by atoms with E-state index >= 15 is 0 Å². The number of carbonyl (C=O) groups is 2. The number of rotatable bonds is 18. The zero-order valence-electron chi connectivity index (χ0n) is 17.1. The van der Waals surface area contributed by atoms with Crippen LogP contribution in [0.5, 0.6) is 0 Å². The second kappa shape index (κ2) is 15.4. The minimum Gasteiger partial charge on any atom is -0.355 e. The molecule has 0 aliphatic heterocycles. The van der Waals surface area contributed by atoms with Crippen LogP contribution in [0.3, 0.4) is 0 Å². The maximum Gasteiger partial charge on any atom is 0.266 e. The number of amides is 2. The van der Waals surface area contributed by atoms with Crippen LogP contribution in [-0.4, -0.2) is 114 Å². The topological polar surface area (TPSA) is 194 Å². The van der Waals surface area contributed by atoms with E-state index in [4.69, 9.17) is 9.11 Å². The highest BCUT2D eigenvalue weighted by Gasteiger charge is 2.08. The average molecular weight is 476 g/mol. The van der Waals surface area contributed by atoms with Crippen molar-refractivity contribution >= 4 is 32.1 Å². The lowest BCUT2D eigenvalue weighted by Gasteiger charge is -2.16. The quantitative estimate of drug-likeness (QED) is 0.0867. The smallest absolute Gasteiger partial charge is 0.266 e. The third-order valence-electron chi connectivity index (χ3n) is 3.76. The molecule has 0 aromatic heterocycles. The van der Waals surface area contributed by atoms with Gasteiger partial charge in [0.15, 0.2) is 0 Å². The highest BCUT2D eigenvalue weighted by molar-refractivity contribution is 7.86. The van der Waals surface area contributed by atoms with E-state index in [0.29, 0.717) is 39.3 Å². The van der Waals surface area contributed by atoms with E-state index < -0.39 is 20.2 Å². The van der Waals surface area contributed by atoms with E-state index in [2.05, 4.69) is 21.3 Å². The maximum absolute atomic E-state index is 11.7. The Hall–Kier alpha value is -1.36. The van der Waals surface area contributed by atoms with E-state index in [-0.39, 0.29) is 49.3 Å². The largest absolute Gasteiger partial charge is 0.355 e. The van der Waals surface area contributed by atoms with Crippen LogP contribution >= 0.6 is 0 Å². The molecule has 0 aliphatic carbocycles. The molecular formula is C15H33N5O8S2. The Morgan fingerprint density at radius 2 is 1.07 bits per heavy atom. The second-order valence-corrected chi connectivity index (χ2v) is 9.72. The Labute approximate surface area is 177 Å². The summed E-state index contributed by atoms with van der Waals surface area (Å²) < 4.78 is 59.2. The summed E-state index contributed by atoms with van der Waals surface area (Å²) in [6.07, 6.45) is 0.502. The van der Waals surface area contributed by atoms with Crippen molar-refractivity contribution < 1.29 is 35.5 Å². The predicted molar refractivity (Wildman–Crippen MR) is 111 cm³/mol. The highest BCUT2D eigenvalue weighted by atomic mass is 32.2. The molecule has 0 radical (unpaired) electrons. The number of nitrogens with one attached hydrogen (secondary N) is 4. The van der Waals surface area contributed by atoms with Crippen molar-refractivity contribution in [3.05, 3.63) is 0 Å². The Morgan fingerprint density at radius 1 is 0.700 bits per heavy atom. The van der Waals surface area contributed by atoms with Gasteiger partial charge in [-0.15, -0.1) is 0 Å². The van der Waals surface area contributed by atoms with Crippen LogP contribution in [0.25, 0.3) is 0 Å². The third kappa shape index (κ3) is 21.4. The zero-order chi connectivity index (χ0) is 23.0. The Kier molecular flexibility index (Phi) is 14.7. The van der Waals surface area contributed by atoms with Crippen molar-refractivity contribution in [2.45, 2.75) is 12.8 Å². The molecule has 30 heavy (non-hydrogen) atoms. The average Bonchev–Trinajstić information content (AvgIpc) is 2.62. The lowest BCUT2D eigenvalue weighted by Crippen LogP contribution is -2.36. The van der Waals surface area contributed by atoms with Gasteiger partial charge in [-0.1, -0.05) is 0 Å². The van der Waals surface area contributed by atoms with E-state index in [1.165, 1.54) is 0 Å². The number of hydrogen-bond acceptors (Lipinski definition) is 9. The molecule has 15 heteroatoms. The van der Waals surface area contributed by atoms with Crippen molar-refractivity contribution in [1.82, 2.24) is 26.2 Å². The lowest BCUT2D eigenvalue weighted by molar-refractivity contribution is -0.121. The third-order valence-corrected chi connectivity index (χ3v) is 5.20. The molecule has 0 saturated carbocycles. The van der Waals surface area contributed by atoms with Crippen LogP contribution in [0.15, 0.2) is 0 Å². The van der Waals surface area contributed by atoms with E-state index in [9.17, 15) is 26.4 Å². The summed E-state index contributed by atoms with van der Waals surface area (Å²) in [7, 11) is -6.19. The molecule has 0 atom stereocenters. The van der Waals surface area contributed by atoms with Gasteiger partial charge in [0.2, 0.25) is 11.8 Å². The minimum absolute atomic E-state index is 0.0974. The molecule has 0 unspecified atom stereocenters. The van der Waals surface area contributed by atoms with E-state index in [1.807, 2.05) is 4.90 Å². The fourth-order valence-electron chi connectivity index (χ4n) is 2.11. The van der Waals surface area contributed by atoms with Gasteiger partial charge in [0.25, 0.3) is 20.2 Å². The van der Waals surface area contributed by atoms with Gasteiger partial charge < -0.3 is 26.2 Å². The summed E-state index contributed by atoms with van der Waals surface area (Å²) in [6.45, 7) is 2.53. The summed E-state index contributed by atoms with van der Waals surface area (Å²) >= 11 is 0. The van der Waals surface area contributed by atoms with Crippen LogP contribution in [0.2, 0.25) is 0 Å². The molecule has 178 valence electrons. The minimum atomic E-state index is -3.99. The highest BCUT2D eigenvalue weighted by Crippen LogP contribution is 1.91. The molecular weight excluding hydrogens is 442 g/mol. The Morgan fingerprint density at radius 3 is 1.40 bits per heavy atom. The van der Waals surface area contributed by atoms with Crippen molar-refractivity contribution in [3.63, 3.8) is 0 Å². The van der Waals surface area contributed by atoms with Crippen molar-refractivity contribution in [1.29, 1.82) is 0 Å². The Balaban J connectivity index is 3.63. The number of carbonyl (C=O) groups excluding carboxylic acids is 2. The SMILES string of the molecule is CN(CCC(=O)NCCNCCS(=O)(=O)O)CCC(=O)NCCNCCS(=O)(=O)O. The van der Waals surface area contributed by atoms with Crippen molar-refractivity contribution in [2.24, 2.45) is 0 Å². The van der Waals surface area contributed by atoms with E-state index in [1.54, 1.807) is 7.05 Å². The first-order valence-corrected chi connectivity index (χ1v) is 12.6. The molecule has 0 aliphatic rings. The predicted octanol–water partition coefficient (Wildman–Crippen LogP) is -3.11. The summed E-state index contributed by atoms with van der Waals surface area (Å²) in [5, 5.41) is 10.9. The van der Waals surface area contributed by atoms with Crippen LogP contribution in [-0.2, 0) is 29.8 Å². The van der Waals surface area contributed by atoms with Gasteiger partial charge in [-0.2, -0.15) is 16.8 Å². The number of nitrogens with zero attached hydrogens (tertiary/aromatic N) is 1. The Bertz CT molecular complexity index is 655. The standard InChI is InChI=1S/C15H33N5O8S2/c1-20(10-2-14(21)18-6-4-16-8-12-29(23,24)25)11-3-15(22)19-7-5-17-9-13-30(26,27)28/h16-17H,2-13H2,1H3,(H,18,21)(H,19,22)(H,23,24,25)(H,26,27,28). The van der Waals surface area contributed by atoms with E-state index in [0.717, 1.165) is 0 Å². The second-order valence-electron chi connectivity index (χ2n) is 6.58. The monoisotopic (exact) mass is 475 g/mol. The number of hydrogen-bond donors (Lipinski definition) is 6. The van der Waals surface area contributed by atoms with Crippen molar-refractivity contribution in [2.75, 3.05) is 70.9 Å². The fourth-order valence-corrected chi connectivity index (χ4v) is 2.91. The van der Waals surface area contributed by atoms with Crippen molar-refractivity contribution in [3.8, 4) is 0 Å². The van der Waals surface area contributed by atoms with Gasteiger partial charge in [-0.25, -0.2) is 0 Å². The molecule has 0 saturated heterocycles. The molecule has 0 bridgehead atoms. The van der Waals surface area contributed by atoms with Crippen LogP contribution in [0.1, 0.15) is 12.8 Å². The molecule has 0 fully saturated rings. The summed E-state index contributed by atoms with van der Waals surface area (Å²) in [6, 6.07) is 0. The summed E-state index contributed by atoms with van der Waals surface area (Å²) in [4.78, 5) is 25.3. The molecule has 0 heterocycles. The molecule has 6 N–H and O–H groups in total. The van der Waals surface area contributed by atoms with Crippen LogP contribution in [0, 0.1) is 0 Å². The van der Waals surface area contributed by atoms with Gasteiger partial charge in [0.05, 0.1) is 11.5 Å². The summed E-state index contributed by atoms with van der Waals surface area (Å²) in [5.74, 6) is -1.11. The van der Waals surface area contributed by atoms with Crippen LogP contribution < -0.4 is 21.3 Å². The molecule has 0 aromatic carbocycles. The normalized spacial score (nSPS) is 12.1.